The summed E-state index contributed by atoms with van der Waals surface area (Å²) in [6.45, 7) is 3.05. The van der Waals surface area contributed by atoms with Gasteiger partial charge in [-0.15, -0.1) is 0 Å². The van der Waals surface area contributed by atoms with Crippen molar-refractivity contribution < 1.29 is 18.7 Å². The van der Waals surface area contributed by atoms with Crippen molar-refractivity contribution in [3.8, 4) is 5.75 Å². The number of carbonyl (C=O) groups is 2. The molecule has 0 radical (unpaired) electrons. The molecule has 1 N–H and O–H groups in total. The Bertz CT molecular complexity index is 868. The van der Waals surface area contributed by atoms with Gasteiger partial charge in [-0.3, -0.25) is 14.5 Å². The van der Waals surface area contributed by atoms with Crippen molar-refractivity contribution in [2.75, 3.05) is 46.4 Å². The summed E-state index contributed by atoms with van der Waals surface area (Å²) in [4.78, 5) is 27.8. The number of benzene rings is 1. The maximum Gasteiger partial charge on any atom is 0.260 e. The fourth-order valence-electron chi connectivity index (χ4n) is 4.01. The zero-order valence-electron chi connectivity index (χ0n) is 16.3. The summed E-state index contributed by atoms with van der Waals surface area (Å²) in [6.07, 6.45) is 4.42. The summed E-state index contributed by atoms with van der Waals surface area (Å²) in [5, 5.41) is 3.74. The normalized spacial score (nSPS) is 17.4. The first-order chi connectivity index (χ1) is 13.6. The van der Waals surface area contributed by atoms with Crippen LogP contribution in [0.4, 0.5) is 0 Å². The SMILES string of the molecule is CNC(=O)CN1CCN(C(=O)COc2ccc3oc4c(c3c2)CCCC4)CC1. The van der Waals surface area contributed by atoms with Gasteiger partial charge in [0.15, 0.2) is 6.61 Å². The molecule has 2 aromatic rings. The number of aryl methyl sites for hydroxylation is 2. The van der Waals surface area contributed by atoms with Crippen LogP contribution in [0.3, 0.4) is 0 Å². The summed E-state index contributed by atoms with van der Waals surface area (Å²) < 4.78 is 11.7. The fraction of sp³-hybridized carbons (Fsp3) is 0.524. The van der Waals surface area contributed by atoms with Crippen molar-refractivity contribution in [2.45, 2.75) is 25.7 Å². The molecule has 28 heavy (non-hydrogen) atoms. The molecule has 0 unspecified atom stereocenters. The molecule has 0 spiro atoms. The second-order valence-corrected chi connectivity index (χ2v) is 7.49. The van der Waals surface area contributed by atoms with Gasteiger partial charge in [0.25, 0.3) is 5.91 Å². The van der Waals surface area contributed by atoms with Crippen molar-refractivity contribution in [3.63, 3.8) is 0 Å². The molecule has 2 heterocycles. The zero-order valence-corrected chi connectivity index (χ0v) is 16.3. The number of hydrogen-bond donors (Lipinski definition) is 1. The Hall–Kier alpha value is -2.54. The Morgan fingerprint density at radius 2 is 1.93 bits per heavy atom. The summed E-state index contributed by atoms with van der Waals surface area (Å²) in [6, 6.07) is 5.80. The average molecular weight is 385 g/mol. The highest BCUT2D eigenvalue weighted by Crippen LogP contribution is 2.33. The Morgan fingerprint density at radius 1 is 1.14 bits per heavy atom. The van der Waals surface area contributed by atoms with Crippen LogP contribution < -0.4 is 10.1 Å². The monoisotopic (exact) mass is 385 g/mol. The lowest BCUT2D eigenvalue weighted by Gasteiger charge is -2.34. The third kappa shape index (κ3) is 3.99. The molecule has 7 nitrogen and oxygen atoms in total. The van der Waals surface area contributed by atoms with E-state index in [-0.39, 0.29) is 18.4 Å². The summed E-state index contributed by atoms with van der Waals surface area (Å²) in [5.74, 6) is 1.78. The van der Waals surface area contributed by atoms with Crippen LogP contribution in [-0.2, 0) is 22.4 Å². The Morgan fingerprint density at radius 3 is 2.71 bits per heavy atom. The first-order valence-electron chi connectivity index (χ1n) is 10.0. The number of nitrogens with one attached hydrogen (secondary N) is 1. The molecule has 2 amide bonds. The number of furan rings is 1. The topological polar surface area (TPSA) is 75.0 Å². The van der Waals surface area contributed by atoms with E-state index < -0.39 is 0 Å². The van der Waals surface area contributed by atoms with Gasteiger partial charge in [0, 0.05) is 50.6 Å². The molecular formula is C21H27N3O4. The van der Waals surface area contributed by atoms with E-state index in [1.165, 1.54) is 18.4 Å². The molecule has 150 valence electrons. The van der Waals surface area contributed by atoms with E-state index in [2.05, 4.69) is 10.2 Å². The predicted octanol–water partition coefficient (Wildman–Crippen LogP) is 1.58. The fourth-order valence-corrected chi connectivity index (χ4v) is 4.01. The van der Waals surface area contributed by atoms with Gasteiger partial charge in [-0.05, 0) is 37.5 Å². The smallest absolute Gasteiger partial charge is 0.260 e. The maximum absolute atomic E-state index is 12.5. The van der Waals surface area contributed by atoms with Crippen molar-refractivity contribution in [1.82, 2.24) is 15.1 Å². The van der Waals surface area contributed by atoms with Gasteiger partial charge in [0.2, 0.25) is 5.91 Å². The molecule has 1 saturated heterocycles. The van der Waals surface area contributed by atoms with E-state index in [4.69, 9.17) is 9.15 Å². The number of ether oxygens (including phenoxy) is 1. The van der Waals surface area contributed by atoms with E-state index in [0.29, 0.717) is 38.5 Å². The van der Waals surface area contributed by atoms with Crippen molar-refractivity contribution in [3.05, 3.63) is 29.5 Å². The molecule has 4 rings (SSSR count). The number of nitrogens with zero attached hydrogens (tertiary/aromatic N) is 2. The highest BCUT2D eigenvalue weighted by Gasteiger charge is 2.23. The number of amides is 2. The summed E-state index contributed by atoms with van der Waals surface area (Å²) >= 11 is 0. The maximum atomic E-state index is 12.5. The Kier molecular flexibility index (Phi) is 5.52. The average Bonchev–Trinajstić information content (AvgIpc) is 3.10. The van der Waals surface area contributed by atoms with Crippen LogP contribution in [0.2, 0.25) is 0 Å². The van der Waals surface area contributed by atoms with Crippen LogP contribution in [0.25, 0.3) is 11.0 Å². The van der Waals surface area contributed by atoms with Gasteiger partial charge in [-0.25, -0.2) is 0 Å². The van der Waals surface area contributed by atoms with Crippen molar-refractivity contribution in [2.24, 2.45) is 0 Å². The van der Waals surface area contributed by atoms with E-state index in [1.807, 2.05) is 18.2 Å². The highest BCUT2D eigenvalue weighted by molar-refractivity contribution is 5.84. The number of hydrogen-bond acceptors (Lipinski definition) is 5. The molecule has 0 atom stereocenters. The second kappa shape index (κ2) is 8.22. The molecule has 0 bridgehead atoms. The third-order valence-electron chi connectivity index (χ3n) is 5.66. The molecule has 1 aliphatic heterocycles. The lowest BCUT2D eigenvalue weighted by Crippen LogP contribution is -2.51. The Labute approximate surface area is 164 Å². The highest BCUT2D eigenvalue weighted by atomic mass is 16.5. The summed E-state index contributed by atoms with van der Waals surface area (Å²) in [7, 11) is 1.64. The van der Waals surface area contributed by atoms with Crippen molar-refractivity contribution >= 4 is 22.8 Å². The van der Waals surface area contributed by atoms with Crippen LogP contribution >= 0.6 is 0 Å². The van der Waals surface area contributed by atoms with E-state index in [1.54, 1.807) is 11.9 Å². The lowest BCUT2D eigenvalue weighted by atomic mass is 9.96. The Balaban J connectivity index is 1.32. The van der Waals surface area contributed by atoms with E-state index >= 15 is 0 Å². The van der Waals surface area contributed by atoms with Gasteiger partial charge in [-0.1, -0.05) is 0 Å². The summed E-state index contributed by atoms with van der Waals surface area (Å²) in [5.41, 5.74) is 2.20. The minimum absolute atomic E-state index is 0.0000582. The molecule has 2 aliphatic rings. The molecule has 1 fully saturated rings. The van der Waals surface area contributed by atoms with Gasteiger partial charge >= 0.3 is 0 Å². The van der Waals surface area contributed by atoms with Crippen LogP contribution in [-0.4, -0.2) is 68.0 Å². The largest absolute Gasteiger partial charge is 0.484 e. The molecule has 7 heteroatoms. The van der Waals surface area contributed by atoms with Gasteiger partial charge in [0.05, 0.1) is 6.54 Å². The minimum atomic E-state index is -0.0195. The first kappa shape index (κ1) is 18.8. The van der Waals surface area contributed by atoms with Crippen LogP contribution in [0.1, 0.15) is 24.2 Å². The molecular weight excluding hydrogens is 358 g/mol. The molecule has 1 aliphatic carbocycles. The second-order valence-electron chi connectivity index (χ2n) is 7.49. The quantitative estimate of drug-likeness (QED) is 0.846. The van der Waals surface area contributed by atoms with Crippen molar-refractivity contribution in [1.29, 1.82) is 0 Å². The molecule has 1 aromatic heterocycles. The van der Waals surface area contributed by atoms with Gasteiger partial charge in [-0.2, -0.15) is 0 Å². The molecule has 0 saturated carbocycles. The zero-order chi connectivity index (χ0) is 19.5. The van der Waals surface area contributed by atoms with E-state index in [9.17, 15) is 9.59 Å². The predicted molar refractivity (Wildman–Crippen MR) is 105 cm³/mol. The van der Waals surface area contributed by atoms with Crippen LogP contribution in [0.15, 0.2) is 22.6 Å². The van der Waals surface area contributed by atoms with Gasteiger partial charge < -0.3 is 19.4 Å². The number of carbonyl (C=O) groups excluding carboxylic acids is 2. The van der Waals surface area contributed by atoms with Gasteiger partial charge in [0.1, 0.15) is 17.1 Å². The number of likely N-dealkylation sites (N-methyl/N-ethyl adjacent to an activating group) is 1. The minimum Gasteiger partial charge on any atom is -0.484 e. The number of piperazine rings is 1. The standard InChI is InChI=1S/C21H27N3O4/c1-22-20(25)13-23-8-10-24(11-9-23)21(26)14-27-15-6-7-19-17(12-15)16-4-2-3-5-18(16)28-19/h6-7,12H,2-5,8-11,13-14H2,1H3,(H,22,25). The first-order valence-corrected chi connectivity index (χ1v) is 10.0. The van der Waals surface area contributed by atoms with Crippen LogP contribution in [0.5, 0.6) is 5.75 Å². The number of fused-ring (bicyclic) bond motifs is 3. The lowest BCUT2D eigenvalue weighted by molar-refractivity contribution is -0.135. The van der Waals surface area contributed by atoms with Crippen LogP contribution in [0, 0.1) is 0 Å². The number of rotatable bonds is 5. The molecule has 1 aromatic carbocycles. The third-order valence-corrected chi connectivity index (χ3v) is 5.66. The van der Waals surface area contributed by atoms with E-state index in [0.717, 1.165) is 29.6 Å².